The molecule has 0 amide bonds. The van der Waals surface area contributed by atoms with Gasteiger partial charge in [0.25, 0.3) is 0 Å². The largest absolute Gasteiger partial charge is 0.393 e. The maximum atomic E-state index is 9.46. The Morgan fingerprint density at radius 2 is 2.00 bits per heavy atom. The number of rotatable bonds is 0. The van der Waals surface area contributed by atoms with Gasteiger partial charge in [0.05, 0.1) is 6.10 Å². The van der Waals surface area contributed by atoms with Crippen LogP contribution in [0.25, 0.3) is 0 Å². The Kier molecular flexibility index (Phi) is 0.899. The third-order valence-corrected chi connectivity index (χ3v) is 2.71. The maximum absolute atomic E-state index is 9.46. The molecule has 2 aliphatic heterocycles. The van der Waals surface area contributed by atoms with Crippen LogP contribution in [0.2, 0.25) is 0 Å². The molecule has 0 spiro atoms. The van der Waals surface area contributed by atoms with E-state index in [0.29, 0.717) is 12.8 Å². The molecule has 0 saturated carbocycles. The molecule has 2 rings (SSSR count). The normalized spacial score (nSPS) is 53.7. The Bertz CT molecular complexity index is 192. The summed E-state index contributed by atoms with van der Waals surface area (Å²) in [4.78, 5) is 1.62. The summed E-state index contributed by atoms with van der Waals surface area (Å²) >= 11 is 0. The lowest BCUT2D eigenvalue weighted by Crippen LogP contribution is -2.41. The Hall–Kier alpha value is -0.0800. The molecular weight excluding hydrogens is 126 g/mol. The lowest BCUT2D eigenvalue weighted by molar-refractivity contribution is 0.0503. The van der Waals surface area contributed by atoms with Crippen molar-refractivity contribution in [2.75, 3.05) is 6.98 Å². The fourth-order valence-corrected chi connectivity index (χ4v) is 2.15. The highest BCUT2D eigenvalue weighted by Gasteiger charge is 2.37. The van der Waals surface area contributed by atoms with Crippen LogP contribution in [0.3, 0.4) is 0 Å². The minimum atomic E-state index is -1.97. The van der Waals surface area contributed by atoms with E-state index in [1.807, 2.05) is 0 Å². The topological polar surface area (TPSA) is 23.5 Å². The highest BCUT2D eigenvalue weighted by molar-refractivity contribution is 4.93. The van der Waals surface area contributed by atoms with Gasteiger partial charge in [0, 0.05) is 16.2 Å². The van der Waals surface area contributed by atoms with Crippen molar-refractivity contribution < 1.29 is 9.22 Å². The number of piperidine rings is 1. The summed E-state index contributed by atoms with van der Waals surface area (Å²) in [6.07, 6.45) is 2.85. The monoisotopic (exact) mass is 144 g/mol. The van der Waals surface area contributed by atoms with Gasteiger partial charge in [-0.2, -0.15) is 0 Å². The molecule has 10 heavy (non-hydrogen) atoms. The van der Waals surface area contributed by atoms with Crippen LogP contribution in [0, 0.1) is 0 Å². The summed E-state index contributed by atoms with van der Waals surface area (Å²) in [6, 6.07) is 0.169. The van der Waals surface area contributed by atoms with Crippen LogP contribution in [0.4, 0.5) is 0 Å². The van der Waals surface area contributed by atoms with Gasteiger partial charge in [0.1, 0.15) is 0 Å². The smallest absolute Gasteiger partial charge is 0.0570 e. The molecule has 2 unspecified atom stereocenters. The first-order chi connectivity index (χ1) is 5.98. The van der Waals surface area contributed by atoms with Crippen molar-refractivity contribution in [2.45, 2.75) is 43.9 Å². The van der Waals surface area contributed by atoms with Crippen molar-refractivity contribution in [2.24, 2.45) is 0 Å². The summed E-state index contributed by atoms with van der Waals surface area (Å²) in [7, 11) is 0. The van der Waals surface area contributed by atoms with Gasteiger partial charge in [-0.25, -0.2) is 0 Å². The average Bonchev–Trinajstić information content (AvgIpc) is 2.23. The van der Waals surface area contributed by atoms with E-state index >= 15 is 0 Å². The average molecular weight is 144 g/mol. The molecule has 2 heteroatoms. The molecule has 2 heterocycles. The molecule has 2 atom stereocenters. The third-order valence-electron chi connectivity index (χ3n) is 2.71. The maximum Gasteiger partial charge on any atom is 0.0570 e. The SMILES string of the molecule is [2H]C([2H])([2H])N1C2CCC1CC(O)C2. The van der Waals surface area contributed by atoms with Crippen molar-refractivity contribution in [1.29, 1.82) is 0 Å². The molecule has 2 saturated heterocycles. The van der Waals surface area contributed by atoms with Crippen LogP contribution >= 0.6 is 0 Å². The number of aliphatic hydroxyl groups is 1. The number of fused-ring (bicyclic) bond motifs is 2. The predicted molar refractivity (Wildman–Crippen MR) is 39.8 cm³/mol. The van der Waals surface area contributed by atoms with Gasteiger partial charge >= 0.3 is 0 Å². The third kappa shape index (κ3) is 0.867. The van der Waals surface area contributed by atoms with E-state index in [4.69, 9.17) is 4.11 Å². The fourth-order valence-electron chi connectivity index (χ4n) is 2.15. The van der Waals surface area contributed by atoms with Gasteiger partial charge in [0.2, 0.25) is 0 Å². The molecule has 58 valence electrons. The Morgan fingerprint density at radius 1 is 1.40 bits per heavy atom. The molecule has 2 bridgehead atoms. The second kappa shape index (κ2) is 2.21. The van der Waals surface area contributed by atoms with Gasteiger partial charge in [-0.15, -0.1) is 0 Å². The van der Waals surface area contributed by atoms with Crippen molar-refractivity contribution in [3.63, 3.8) is 0 Å². The fraction of sp³-hybridized carbons (Fsp3) is 1.00. The molecule has 1 N–H and O–H groups in total. The zero-order valence-electron chi connectivity index (χ0n) is 8.95. The van der Waals surface area contributed by atoms with E-state index < -0.39 is 6.98 Å². The van der Waals surface area contributed by atoms with Gasteiger partial charge in [-0.1, -0.05) is 0 Å². The molecule has 0 radical (unpaired) electrons. The van der Waals surface area contributed by atoms with Crippen molar-refractivity contribution >= 4 is 0 Å². The van der Waals surface area contributed by atoms with Crippen LogP contribution in [0.15, 0.2) is 0 Å². The summed E-state index contributed by atoms with van der Waals surface area (Å²) < 4.78 is 22.1. The van der Waals surface area contributed by atoms with E-state index in [1.165, 1.54) is 0 Å². The van der Waals surface area contributed by atoms with E-state index in [9.17, 15) is 5.11 Å². The summed E-state index contributed by atoms with van der Waals surface area (Å²) in [6.45, 7) is -1.97. The summed E-state index contributed by atoms with van der Waals surface area (Å²) in [5.41, 5.74) is 0. The first-order valence-corrected chi connectivity index (χ1v) is 3.95. The van der Waals surface area contributed by atoms with E-state index in [0.717, 1.165) is 12.8 Å². The number of aliphatic hydroxyl groups excluding tert-OH is 1. The van der Waals surface area contributed by atoms with Crippen molar-refractivity contribution in [3.05, 3.63) is 0 Å². The Labute approximate surface area is 66.1 Å². The van der Waals surface area contributed by atoms with E-state index in [1.54, 1.807) is 4.90 Å². The van der Waals surface area contributed by atoms with E-state index in [-0.39, 0.29) is 18.2 Å². The van der Waals surface area contributed by atoms with Gasteiger partial charge in [-0.05, 0) is 32.7 Å². The first kappa shape index (κ1) is 4.07. The van der Waals surface area contributed by atoms with Crippen molar-refractivity contribution in [1.82, 2.24) is 4.90 Å². The zero-order chi connectivity index (χ0) is 9.64. The van der Waals surface area contributed by atoms with Gasteiger partial charge < -0.3 is 10.0 Å². The van der Waals surface area contributed by atoms with Crippen LogP contribution in [-0.4, -0.2) is 35.2 Å². The summed E-state index contributed by atoms with van der Waals surface area (Å²) in [5, 5.41) is 9.46. The minimum Gasteiger partial charge on any atom is -0.393 e. The Balaban J connectivity index is 2.15. The van der Waals surface area contributed by atoms with Gasteiger partial charge in [0.15, 0.2) is 0 Å². The highest BCUT2D eigenvalue weighted by atomic mass is 16.3. The van der Waals surface area contributed by atoms with Gasteiger partial charge in [-0.3, -0.25) is 0 Å². The molecule has 2 fully saturated rings. The van der Waals surface area contributed by atoms with E-state index in [2.05, 4.69) is 0 Å². The van der Waals surface area contributed by atoms with Crippen LogP contribution in [0.1, 0.15) is 29.8 Å². The van der Waals surface area contributed by atoms with Crippen LogP contribution < -0.4 is 0 Å². The molecule has 2 aliphatic rings. The predicted octanol–water partition coefficient (Wildman–Crippen LogP) is 0.604. The summed E-state index contributed by atoms with van der Waals surface area (Å²) in [5.74, 6) is 0. The van der Waals surface area contributed by atoms with Crippen LogP contribution in [0.5, 0.6) is 0 Å². The standard InChI is InChI=1S/C8H15NO/c1-9-6-2-3-7(9)5-8(10)4-6/h6-8,10H,2-5H2,1H3/i1D3. The lowest BCUT2D eigenvalue weighted by atomic mass is 10.0. The molecule has 2 nitrogen and oxygen atoms in total. The molecule has 0 aromatic carbocycles. The molecule has 0 aromatic heterocycles. The number of hydrogen-bond acceptors (Lipinski definition) is 2. The molecule has 0 aliphatic carbocycles. The second-order valence-electron chi connectivity index (χ2n) is 3.42. The highest BCUT2D eigenvalue weighted by Crippen LogP contribution is 2.33. The van der Waals surface area contributed by atoms with Crippen molar-refractivity contribution in [3.8, 4) is 0 Å². The lowest BCUT2D eigenvalue weighted by Gasteiger charge is -2.33. The number of nitrogens with zero attached hydrogens (tertiary/aromatic N) is 1. The zero-order valence-corrected chi connectivity index (χ0v) is 5.95. The molecule has 0 aromatic rings. The quantitative estimate of drug-likeness (QED) is 0.538. The molecular formula is C8H15NO. The number of hydrogen-bond donors (Lipinski definition) is 1. The Morgan fingerprint density at radius 3 is 2.50 bits per heavy atom. The minimum absolute atomic E-state index is 0.0845. The van der Waals surface area contributed by atoms with Crippen LogP contribution in [-0.2, 0) is 0 Å². The second-order valence-corrected chi connectivity index (χ2v) is 3.42. The first-order valence-electron chi connectivity index (χ1n) is 5.45.